The summed E-state index contributed by atoms with van der Waals surface area (Å²) in [6.45, 7) is 7.57. The Kier molecular flexibility index (Phi) is 6.44. The Morgan fingerprint density at radius 3 is 2.61 bits per heavy atom. The van der Waals surface area contributed by atoms with Gasteiger partial charge in [-0.15, -0.1) is 0 Å². The van der Waals surface area contributed by atoms with Gasteiger partial charge < -0.3 is 10.2 Å². The Bertz CT molecular complexity index is 1130. The molecule has 1 amide bonds. The number of nitrogens with one attached hydrogen (secondary N) is 1. The first kappa shape index (κ1) is 21.2. The normalized spacial score (nSPS) is 15.3. The number of aryl methyl sites for hydroxylation is 1. The van der Waals surface area contributed by atoms with E-state index in [1.54, 1.807) is 6.07 Å². The zero-order valence-electron chi connectivity index (χ0n) is 18.2. The number of rotatable bonds is 6. The molecule has 0 bridgehead atoms. The standard InChI is InChI=1S/C24H29N5O2/c1-18-5-3-8-21-23(18)26-17-29(24(21)31)16-22(30)25-14-19-6-4-7-20(13-19)15-28-11-9-27(2)10-12-28/h3-8,13,17H,9-12,14-16H2,1-2H3,(H,25,30). The molecule has 1 aliphatic heterocycles. The summed E-state index contributed by atoms with van der Waals surface area (Å²) in [5, 5.41) is 3.46. The molecule has 7 nitrogen and oxygen atoms in total. The maximum absolute atomic E-state index is 12.7. The minimum absolute atomic E-state index is 0.0449. The van der Waals surface area contributed by atoms with Gasteiger partial charge in [0, 0.05) is 39.3 Å². The van der Waals surface area contributed by atoms with Crippen molar-refractivity contribution in [3.05, 3.63) is 75.8 Å². The van der Waals surface area contributed by atoms with Gasteiger partial charge >= 0.3 is 0 Å². The maximum atomic E-state index is 12.7. The van der Waals surface area contributed by atoms with Gasteiger partial charge in [-0.05, 0) is 36.7 Å². The predicted molar refractivity (Wildman–Crippen MR) is 122 cm³/mol. The van der Waals surface area contributed by atoms with Gasteiger partial charge in [-0.2, -0.15) is 0 Å². The summed E-state index contributed by atoms with van der Waals surface area (Å²) in [5.74, 6) is -0.208. The van der Waals surface area contributed by atoms with E-state index in [0.717, 1.165) is 43.9 Å². The molecule has 1 saturated heterocycles. The number of carbonyl (C=O) groups excluding carboxylic acids is 1. The van der Waals surface area contributed by atoms with Crippen LogP contribution in [-0.4, -0.2) is 58.5 Å². The Morgan fingerprint density at radius 2 is 1.81 bits per heavy atom. The zero-order valence-corrected chi connectivity index (χ0v) is 18.2. The molecule has 0 saturated carbocycles. The largest absolute Gasteiger partial charge is 0.350 e. The molecule has 0 radical (unpaired) electrons. The molecule has 1 N–H and O–H groups in total. The molecular formula is C24H29N5O2. The molecule has 1 fully saturated rings. The van der Waals surface area contributed by atoms with Crippen LogP contribution in [0.1, 0.15) is 16.7 Å². The highest BCUT2D eigenvalue weighted by Gasteiger charge is 2.14. The van der Waals surface area contributed by atoms with Crippen LogP contribution in [0.25, 0.3) is 10.9 Å². The van der Waals surface area contributed by atoms with E-state index in [2.05, 4.69) is 39.3 Å². The third-order valence-corrected chi connectivity index (χ3v) is 5.85. The minimum Gasteiger partial charge on any atom is -0.350 e. The SMILES string of the molecule is Cc1cccc2c(=O)n(CC(=O)NCc3cccc(CN4CCN(C)CC4)c3)cnc12. The lowest BCUT2D eigenvalue weighted by Crippen LogP contribution is -2.43. The van der Waals surface area contributed by atoms with Crippen LogP contribution in [0.4, 0.5) is 0 Å². The van der Waals surface area contributed by atoms with Gasteiger partial charge in [0.25, 0.3) is 5.56 Å². The number of hydrogen-bond donors (Lipinski definition) is 1. The molecule has 162 valence electrons. The van der Waals surface area contributed by atoms with Crippen LogP contribution in [0, 0.1) is 6.92 Å². The van der Waals surface area contributed by atoms with Crippen molar-refractivity contribution in [2.75, 3.05) is 33.2 Å². The number of aromatic nitrogens is 2. The fourth-order valence-corrected chi connectivity index (χ4v) is 3.96. The Hall–Kier alpha value is -3.03. The molecule has 2 heterocycles. The van der Waals surface area contributed by atoms with Gasteiger partial charge in [0.15, 0.2) is 0 Å². The number of para-hydroxylation sites is 1. The lowest BCUT2D eigenvalue weighted by molar-refractivity contribution is -0.121. The quantitative estimate of drug-likeness (QED) is 0.660. The number of carbonyl (C=O) groups is 1. The third kappa shape index (κ3) is 5.18. The van der Waals surface area contributed by atoms with Gasteiger partial charge in [-0.3, -0.25) is 19.1 Å². The van der Waals surface area contributed by atoms with Gasteiger partial charge in [-0.1, -0.05) is 36.4 Å². The molecule has 31 heavy (non-hydrogen) atoms. The number of fused-ring (bicyclic) bond motifs is 1. The lowest BCUT2D eigenvalue weighted by Gasteiger charge is -2.32. The summed E-state index contributed by atoms with van der Waals surface area (Å²) in [4.78, 5) is 34.3. The third-order valence-electron chi connectivity index (χ3n) is 5.85. The monoisotopic (exact) mass is 419 g/mol. The maximum Gasteiger partial charge on any atom is 0.261 e. The van der Waals surface area contributed by atoms with Crippen LogP contribution in [0.5, 0.6) is 0 Å². The Morgan fingerprint density at radius 1 is 1.06 bits per heavy atom. The lowest BCUT2D eigenvalue weighted by atomic mass is 10.1. The molecule has 0 spiro atoms. The van der Waals surface area contributed by atoms with Crippen molar-refractivity contribution in [2.45, 2.75) is 26.6 Å². The van der Waals surface area contributed by atoms with Gasteiger partial charge in [0.1, 0.15) is 6.54 Å². The highest BCUT2D eigenvalue weighted by Crippen LogP contribution is 2.12. The Labute approximate surface area is 182 Å². The molecule has 4 rings (SSSR count). The van der Waals surface area contributed by atoms with E-state index >= 15 is 0 Å². The summed E-state index contributed by atoms with van der Waals surface area (Å²) in [6, 6.07) is 13.8. The van der Waals surface area contributed by atoms with E-state index in [0.29, 0.717) is 17.4 Å². The summed E-state index contributed by atoms with van der Waals surface area (Å²) in [5.41, 5.74) is 3.74. The van der Waals surface area contributed by atoms with E-state index in [-0.39, 0.29) is 18.0 Å². The number of piperazine rings is 1. The summed E-state index contributed by atoms with van der Waals surface area (Å²) >= 11 is 0. The minimum atomic E-state index is -0.208. The molecule has 1 aliphatic rings. The smallest absolute Gasteiger partial charge is 0.261 e. The Balaban J connectivity index is 1.35. The van der Waals surface area contributed by atoms with Crippen molar-refractivity contribution < 1.29 is 4.79 Å². The number of nitrogens with zero attached hydrogens (tertiary/aromatic N) is 4. The first-order valence-electron chi connectivity index (χ1n) is 10.7. The van der Waals surface area contributed by atoms with Gasteiger partial charge in [0.05, 0.1) is 17.2 Å². The second-order valence-electron chi connectivity index (χ2n) is 8.32. The van der Waals surface area contributed by atoms with E-state index in [9.17, 15) is 9.59 Å². The van der Waals surface area contributed by atoms with Crippen molar-refractivity contribution in [2.24, 2.45) is 0 Å². The van der Waals surface area contributed by atoms with E-state index < -0.39 is 0 Å². The predicted octanol–water partition coefficient (Wildman–Crippen LogP) is 1.77. The van der Waals surface area contributed by atoms with Crippen molar-refractivity contribution in [3.63, 3.8) is 0 Å². The average molecular weight is 420 g/mol. The van der Waals surface area contributed by atoms with Crippen molar-refractivity contribution in [1.82, 2.24) is 24.7 Å². The number of hydrogen-bond acceptors (Lipinski definition) is 5. The second-order valence-corrected chi connectivity index (χ2v) is 8.32. The molecule has 2 aromatic carbocycles. The van der Waals surface area contributed by atoms with Crippen molar-refractivity contribution >= 4 is 16.8 Å². The van der Waals surface area contributed by atoms with Crippen molar-refractivity contribution in [1.29, 1.82) is 0 Å². The van der Waals surface area contributed by atoms with Crippen LogP contribution in [-0.2, 0) is 24.4 Å². The number of amides is 1. The molecular weight excluding hydrogens is 390 g/mol. The fraction of sp³-hybridized carbons (Fsp3) is 0.375. The van der Waals surface area contributed by atoms with E-state index in [1.165, 1.54) is 16.5 Å². The molecule has 0 unspecified atom stereocenters. The van der Waals surface area contributed by atoms with E-state index in [1.807, 2.05) is 31.2 Å². The van der Waals surface area contributed by atoms with Gasteiger partial charge in [0.2, 0.25) is 5.91 Å². The average Bonchev–Trinajstić information content (AvgIpc) is 2.77. The van der Waals surface area contributed by atoms with Crippen LogP contribution in [0.2, 0.25) is 0 Å². The first-order chi connectivity index (χ1) is 15.0. The van der Waals surface area contributed by atoms with Crippen molar-refractivity contribution in [3.8, 4) is 0 Å². The van der Waals surface area contributed by atoms with Crippen LogP contribution < -0.4 is 10.9 Å². The second kappa shape index (κ2) is 9.41. The molecule has 0 aliphatic carbocycles. The topological polar surface area (TPSA) is 70.5 Å². The fourth-order valence-electron chi connectivity index (χ4n) is 3.96. The molecule has 3 aromatic rings. The van der Waals surface area contributed by atoms with Crippen LogP contribution in [0.3, 0.4) is 0 Å². The highest BCUT2D eigenvalue weighted by molar-refractivity contribution is 5.81. The number of benzene rings is 2. The summed E-state index contributed by atoms with van der Waals surface area (Å²) in [7, 11) is 2.16. The summed E-state index contributed by atoms with van der Waals surface area (Å²) < 4.78 is 1.36. The summed E-state index contributed by atoms with van der Waals surface area (Å²) in [6.07, 6.45) is 1.45. The molecule has 7 heteroatoms. The first-order valence-corrected chi connectivity index (χ1v) is 10.7. The highest BCUT2D eigenvalue weighted by atomic mass is 16.2. The molecule has 1 aromatic heterocycles. The van der Waals surface area contributed by atoms with Gasteiger partial charge in [-0.25, -0.2) is 4.98 Å². The van der Waals surface area contributed by atoms with E-state index in [4.69, 9.17) is 0 Å². The molecule has 0 atom stereocenters. The van der Waals surface area contributed by atoms with Crippen LogP contribution in [0.15, 0.2) is 53.6 Å². The van der Waals surface area contributed by atoms with Crippen LogP contribution >= 0.6 is 0 Å². The number of likely N-dealkylation sites (N-methyl/N-ethyl adjacent to an activating group) is 1. The zero-order chi connectivity index (χ0) is 21.8.